The van der Waals surface area contributed by atoms with Crippen molar-refractivity contribution in [3.05, 3.63) is 17.0 Å². The van der Waals surface area contributed by atoms with E-state index < -0.39 is 5.97 Å². The van der Waals surface area contributed by atoms with Gasteiger partial charge in [0.1, 0.15) is 6.42 Å². The van der Waals surface area contributed by atoms with Crippen molar-refractivity contribution in [2.45, 2.75) is 33.6 Å². The molecule has 0 bridgehead atoms. The Balaban J connectivity index is 2.38. The average Bonchev–Trinajstić information content (AvgIpc) is 2.55. The molecule has 0 atom stereocenters. The van der Waals surface area contributed by atoms with Gasteiger partial charge in [-0.1, -0.05) is 0 Å². The SMILES string of the molecule is CCOC(=O)CC(=O)NCCc1c(C)nn(C)c1C. The number of amides is 1. The van der Waals surface area contributed by atoms with E-state index in [9.17, 15) is 9.59 Å². The minimum Gasteiger partial charge on any atom is -0.466 e. The molecule has 1 heterocycles. The van der Waals surface area contributed by atoms with Crippen LogP contribution in [0.3, 0.4) is 0 Å². The van der Waals surface area contributed by atoms with E-state index in [0.29, 0.717) is 19.6 Å². The number of hydrogen-bond donors (Lipinski definition) is 1. The van der Waals surface area contributed by atoms with Gasteiger partial charge in [-0.15, -0.1) is 0 Å². The quantitative estimate of drug-likeness (QED) is 0.606. The van der Waals surface area contributed by atoms with Crippen molar-refractivity contribution in [2.75, 3.05) is 13.2 Å². The molecule has 0 aliphatic heterocycles. The van der Waals surface area contributed by atoms with Gasteiger partial charge in [0.15, 0.2) is 0 Å². The molecule has 0 fully saturated rings. The highest BCUT2D eigenvalue weighted by atomic mass is 16.5. The minimum absolute atomic E-state index is 0.223. The van der Waals surface area contributed by atoms with Gasteiger partial charge in [0.25, 0.3) is 0 Å². The van der Waals surface area contributed by atoms with Crippen molar-refractivity contribution in [3.8, 4) is 0 Å². The third-order valence-electron chi connectivity index (χ3n) is 2.97. The lowest BCUT2D eigenvalue weighted by Crippen LogP contribution is -2.28. The summed E-state index contributed by atoms with van der Waals surface area (Å²) >= 11 is 0. The van der Waals surface area contributed by atoms with Gasteiger partial charge in [0, 0.05) is 19.3 Å². The topological polar surface area (TPSA) is 73.2 Å². The fraction of sp³-hybridized carbons (Fsp3) is 0.615. The van der Waals surface area contributed by atoms with Gasteiger partial charge < -0.3 is 10.1 Å². The lowest BCUT2D eigenvalue weighted by molar-refractivity contribution is -0.145. The summed E-state index contributed by atoms with van der Waals surface area (Å²) in [5, 5.41) is 7.02. The molecule has 6 nitrogen and oxygen atoms in total. The van der Waals surface area contributed by atoms with Crippen molar-refractivity contribution in [3.63, 3.8) is 0 Å². The van der Waals surface area contributed by atoms with Crippen molar-refractivity contribution < 1.29 is 14.3 Å². The van der Waals surface area contributed by atoms with Crippen LogP contribution in [-0.2, 0) is 27.8 Å². The Hall–Kier alpha value is -1.85. The van der Waals surface area contributed by atoms with Crippen LogP contribution in [0.25, 0.3) is 0 Å². The van der Waals surface area contributed by atoms with Crippen molar-refractivity contribution in [1.29, 1.82) is 0 Å². The van der Waals surface area contributed by atoms with Crippen LogP contribution in [0.2, 0.25) is 0 Å². The lowest BCUT2D eigenvalue weighted by atomic mass is 10.1. The average molecular weight is 267 g/mol. The first-order valence-corrected chi connectivity index (χ1v) is 6.37. The van der Waals surface area contributed by atoms with Crippen molar-refractivity contribution in [2.24, 2.45) is 7.05 Å². The Morgan fingerprint density at radius 3 is 2.58 bits per heavy atom. The Labute approximate surface area is 113 Å². The third kappa shape index (κ3) is 4.39. The number of rotatable bonds is 6. The number of ether oxygens (including phenoxy) is 1. The molecule has 1 rings (SSSR count). The third-order valence-corrected chi connectivity index (χ3v) is 2.97. The number of carbonyl (C=O) groups is 2. The summed E-state index contributed by atoms with van der Waals surface area (Å²) in [5.41, 5.74) is 3.20. The maximum Gasteiger partial charge on any atom is 0.315 e. The number of aromatic nitrogens is 2. The molecule has 0 radical (unpaired) electrons. The van der Waals surface area contributed by atoms with Gasteiger partial charge in [-0.05, 0) is 32.8 Å². The van der Waals surface area contributed by atoms with E-state index in [0.717, 1.165) is 17.0 Å². The number of esters is 1. The second-order valence-electron chi connectivity index (χ2n) is 4.35. The molecule has 106 valence electrons. The molecule has 0 aliphatic rings. The van der Waals surface area contributed by atoms with Gasteiger partial charge in [-0.25, -0.2) is 0 Å². The summed E-state index contributed by atoms with van der Waals surface area (Å²) < 4.78 is 6.53. The zero-order chi connectivity index (χ0) is 14.4. The van der Waals surface area contributed by atoms with Crippen LogP contribution in [0.1, 0.15) is 30.3 Å². The summed E-state index contributed by atoms with van der Waals surface area (Å²) in [4.78, 5) is 22.6. The Kier molecular flexibility index (Phi) is 5.54. The van der Waals surface area contributed by atoms with Crippen molar-refractivity contribution in [1.82, 2.24) is 15.1 Å². The van der Waals surface area contributed by atoms with Crippen LogP contribution >= 0.6 is 0 Å². The molecule has 1 N–H and O–H groups in total. The number of nitrogens with one attached hydrogen (secondary N) is 1. The first-order chi connectivity index (χ1) is 8.95. The van der Waals surface area contributed by atoms with E-state index in [-0.39, 0.29) is 12.3 Å². The summed E-state index contributed by atoms with van der Waals surface area (Å²) in [5.74, 6) is -0.800. The summed E-state index contributed by atoms with van der Waals surface area (Å²) in [6, 6.07) is 0. The zero-order valence-corrected chi connectivity index (χ0v) is 11.9. The maximum absolute atomic E-state index is 11.5. The van der Waals surface area contributed by atoms with E-state index >= 15 is 0 Å². The Morgan fingerprint density at radius 1 is 1.37 bits per heavy atom. The van der Waals surface area contributed by atoms with E-state index in [1.807, 2.05) is 25.6 Å². The molecule has 19 heavy (non-hydrogen) atoms. The molecule has 0 saturated heterocycles. The molecular formula is C13H21N3O3. The fourth-order valence-corrected chi connectivity index (χ4v) is 1.91. The normalized spacial score (nSPS) is 10.3. The van der Waals surface area contributed by atoms with Crippen molar-refractivity contribution >= 4 is 11.9 Å². The summed E-state index contributed by atoms with van der Waals surface area (Å²) in [6.45, 7) is 6.44. The first kappa shape index (κ1) is 15.2. The smallest absolute Gasteiger partial charge is 0.315 e. The van der Waals surface area contributed by atoms with Gasteiger partial charge in [-0.2, -0.15) is 5.10 Å². The molecule has 0 saturated carbocycles. The first-order valence-electron chi connectivity index (χ1n) is 6.37. The summed E-state index contributed by atoms with van der Waals surface area (Å²) in [6.07, 6.45) is 0.485. The number of hydrogen-bond acceptors (Lipinski definition) is 4. The second-order valence-corrected chi connectivity index (χ2v) is 4.35. The lowest BCUT2D eigenvalue weighted by Gasteiger charge is -2.05. The fourth-order valence-electron chi connectivity index (χ4n) is 1.91. The van der Waals surface area contributed by atoms with Crippen LogP contribution in [0, 0.1) is 13.8 Å². The maximum atomic E-state index is 11.5. The number of carbonyl (C=O) groups excluding carboxylic acids is 2. The molecule has 1 aromatic rings. The van der Waals surface area contributed by atoms with Gasteiger partial charge in [-0.3, -0.25) is 14.3 Å². The van der Waals surface area contributed by atoms with Crippen LogP contribution in [0.4, 0.5) is 0 Å². The monoisotopic (exact) mass is 267 g/mol. The highest BCUT2D eigenvalue weighted by Gasteiger charge is 2.12. The molecule has 0 spiro atoms. The molecule has 0 aromatic carbocycles. The largest absolute Gasteiger partial charge is 0.466 e. The molecule has 0 aliphatic carbocycles. The summed E-state index contributed by atoms with van der Waals surface area (Å²) in [7, 11) is 1.89. The van der Waals surface area contributed by atoms with E-state index in [1.165, 1.54) is 0 Å². The predicted molar refractivity (Wildman–Crippen MR) is 70.6 cm³/mol. The molecule has 6 heteroatoms. The predicted octanol–water partition coefficient (Wildman–Crippen LogP) is 0.649. The van der Waals surface area contributed by atoms with Crippen LogP contribution < -0.4 is 5.32 Å². The second kappa shape index (κ2) is 6.92. The van der Waals surface area contributed by atoms with Gasteiger partial charge >= 0.3 is 5.97 Å². The zero-order valence-electron chi connectivity index (χ0n) is 11.9. The Morgan fingerprint density at radius 2 is 2.05 bits per heavy atom. The van der Waals surface area contributed by atoms with E-state index in [4.69, 9.17) is 4.74 Å². The highest BCUT2D eigenvalue weighted by Crippen LogP contribution is 2.11. The van der Waals surface area contributed by atoms with E-state index in [1.54, 1.807) is 6.92 Å². The number of aryl methyl sites for hydroxylation is 2. The molecule has 0 unspecified atom stereocenters. The van der Waals surface area contributed by atoms with Gasteiger partial charge in [0.05, 0.1) is 12.3 Å². The molecular weight excluding hydrogens is 246 g/mol. The number of nitrogens with zero attached hydrogens (tertiary/aromatic N) is 2. The van der Waals surface area contributed by atoms with Gasteiger partial charge in [0.2, 0.25) is 5.91 Å². The van der Waals surface area contributed by atoms with Crippen LogP contribution in [-0.4, -0.2) is 34.8 Å². The molecule has 1 aromatic heterocycles. The highest BCUT2D eigenvalue weighted by molar-refractivity contribution is 5.94. The Bertz CT molecular complexity index is 466. The van der Waals surface area contributed by atoms with Crippen LogP contribution in [0.15, 0.2) is 0 Å². The van der Waals surface area contributed by atoms with Crippen LogP contribution in [0.5, 0.6) is 0 Å². The van der Waals surface area contributed by atoms with E-state index in [2.05, 4.69) is 10.4 Å². The molecule has 1 amide bonds. The minimum atomic E-state index is -0.492. The standard InChI is InChI=1S/C13H21N3O3/c1-5-19-13(18)8-12(17)14-7-6-11-9(2)15-16(4)10(11)3/h5-8H2,1-4H3,(H,14,17).